The van der Waals surface area contributed by atoms with Crippen molar-refractivity contribution in [1.82, 2.24) is 15.1 Å². The fourth-order valence-corrected chi connectivity index (χ4v) is 6.85. The highest BCUT2D eigenvalue weighted by Crippen LogP contribution is 2.36. The maximum atomic E-state index is 14.3. The van der Waals surface area contributed by atoms with Gasteiger partial charge in [0.25, 0.3) is 0 Å². The zero-order valence-electron chi connectivity index (χ0n) is 29.6. The second-order valence-corrected chi connectivity index (χ2v) is 14.2. The van der Waals surface area contributed by atoms with Gasteiger partial charge in [-0.15, -0.1) is 11.3 Å². The van der Waals surface area contributed by atoms with E-state index in [0.717, 1.165) is 4.90 Å². The molecule has 1 aromatic heterocycles. The molecule has 0 aliphatic carbocycles. The molecule has 1 fully saturated rings. The Balaban J connectivity index is 1.67. The van der Waals surface area contributed by atoms with E-state index in [1.54, 1.807) is 63.2 Å². The van der Waals surface area contributed by atoms with Crippen LogP contribution in [0.1, 0.15) is 65.8 Å². The minimum absolute atomic E-state index is 0.0170. The van der Waals surface area contributed by atoms with Crippen molar-refractivity contribution in [2.75, 3.05) is 41.5 Å². The molecule has 0 radical (unpaired) electrons. The number of nitrogens with one attached hydrogen (secondary N) is 1. The third-order valence-corrected chi connectivity index (χ3v) is 9.51. The number of hydrogen-bond donors (Lipinski definition) is 1. The summed E-state index contributed by atoms with van der Waals surface area (Å²) in [5.41, 5.74) is 0.549. The molecule has 2 heterocycles. The second-order valence-electron chi connectivity index (χ2n) is 12.7. The number of carbonyl (C=O) groups is 4. The summed E-state index contributed by atoms with van der Waals surface area (Å²) in [4.78, 5) is 58.4. The highest BCUT2D eigenvalue weighted by molar-refractivity contribution is 7.14. The molecule has 4 amide bonds. The molecule has 12 nitrogen and oxygen atoms in total. The summed E-state index contributed by atoms with van der Waals surface area (Å²) in [7, 11) is 6.04. The van der Waals surface area contributed by atoms with Gasteiger partial charge in [0.05, 0.1) is 52.5 Å². The van der Waals surface area contributed by atoms with E-state index in [9.17, 15) is 19.2 Å². The van der Waals surface area contributed by atoms with Crippen LogP contribution in [-0.4, -0.2) is 80.7 Å². The number of hydrogen-bond acceptors (Lipinski definition) is 10. The molecule has 2 atom stereocenters. The molecular weight excluding hydrogens is 686 g/mol. The molecule has 4 rings (SSSR count). The van der Waals surface area contributed by atoms with Gasteiger partial charge in [-0.05, 0) is 69.5 Å². The lowest BCUT2D eigenvalue weighted by Gasteiger charge is -2.26. The van der Waals surface area contributed by atoms with Crippen molar-refractivity contribution in [3.8, 4) is 23.0 Å². The Hall–Kier alpha value is -4.49. The SMILES string of the molecule is CC[C@@H](NC(=O)N1CC(=O)N(Cc2c(OC)cc(OC)cc2OC)C[C@@H](Cc2cc(Cl)ccc2OC)C1=O)c1ccc(C(=O)OC(C)(C)C)s1. The van der Waals surface area contributed by atoms with Crippen LogP contribution >= 0.6 is 22.9 Å². The summed E-state index contributed by atoms with van der Waals surface area (Å²) in [5, 5.41) is 3.36. The van der Waals surface area contributed by atoms with Gasteiger partial charge in [0.2, 0.25) is 11.8 Å². The van der Waals surface area contributed by atoms with Crippen molar-refractivity contribution < 1.29 is 42.9 Å². The first-order valence-corrected chi connectivity index (χ1v) is 17.2. The Labute approximate surface area is 301 Å². The normalized spacial score (nSPS) is 15.7. The summed E-state index contributed by atoms with van der Waals surface area (Å²) >= 11 is 7.53. The maximum Gasteiger partial charge on any atom is 0.348 e. The minimum Gasteiger partial charge on any atom is -0.496 e. The number of carbonyl (C=O) groups excluding carboxylic acids is 4. The number of amides is 4. The molecule has 1 aliphatic heterocycles. The number of imide groups is 1. The van der Waals surface area contributed by atoms with Crippen LogP contribution < -0.4 is 24.3 Å². The van der Waals surface area contributed by atoms with E-state index in [1.165, 1.54) is 44.7 Å². The highest BCUT2D eigenvalue weighted by Gasteiger charge is 2.39. The minimum atomic E-state index is -0.851. The van der Waals surface area contributed by atoms with Crippen molar-refractivity contribution in [3.05, 3.63) is 68.4 Å². The van der Waals surface area contributed by atoms with Crippen molar-refractivity contribution in [2.45, 2.75) is 58.7 Å². The van der Waals surface area contributed by atoms with Crippen LogP contribution in [0.3, 0.4) is 0 Å². The second kappa shape index (κ2) is 16.5. The molecule has 0 bridgehead atoms. The van der Waals surface area contributed by atoms with Gasteiger partial charge in [0.1, 0.15) is 40.0 Å². The number of rotatable bonds is 12. The standard InChI is InChI=1S/C36H44ClN3O9S/c1-9-26(30-12-13-31(50-30)34(43)49-36(2,3)4)38-35(44)40-20-32(41)39(19-25-28(47-7)16-24(45-5)17-29(25)48-8)18-22(33(40)42)14-21-15-23(37)10-11-27(21)46-6/h10-13,15-17,22,26H,9,14,18-20H2,1-8H3,(H,38,44)/t22-,26-/m1/s1. The van der Waals surface area contributed by atoms with Crippen molar-refractivity contribution in [3.63, 3.8) is 0 Å². The molecule has 0 unspecified atom stereocenters. The van der Waals surface area contributed by atoms with Crippen LogP contribution in [0.5, 0.6) is 23.0 Å². The van der Waals surface area contributed by atoms with E-state index >= 15 is 0 Å². The molecule has 0 saturated carbocycles. The third-order valence-electron chi connectivity index (χ3n) is 8.10. The number of ether oxygens (including phenoxy) is 5. The average Bonchev–Trinajstić information content (AvgIpc) is 3.54. The summed E-state index contributed by atoms with van der Waals surface area (Å²) in [6, 6.07) is 10.6. The fraction of sp³-hybridized carbons (Fsp3) is 0.444. The number of nitrogens with zero attached hydrogens (tertiary/aromatic N) is 2. The molecule has 14 heteroatoms. The van der Waals surface area contributed by atoms with Gasteiger partial charge in [0, 0.05) is 28.6 Å². The number of esters is 1. The zero-order chi connectivity index (χ0) is 36.7. The van der Waals surface area contributed by atoms with Gasteiger partial charge in [-0.25, -0.2) is 9.59 Å². The lowest BCUT2D eigenvalue weighted by atomic mass is 9.96. The predicted octanol–water partition coefficient (Wildman–Crippen LogP) is 6.28. The molecule has 50 heavy (non-hydrogen) atoms. The number of methoxy groups -OCH3 is 4. The van der Waals surface area contributed by atoms with E-state index in [-0.39, 0.29) is 19.5 Å². The smallest absolute Gasteiger partial charge is 0.348 e. The zero-order valence-corrected chi connectivity index (χ0v) is 31.2. The topological polar surface area (TPSA) is 133 Å². The lowest BCUT2D eigenvalue weighted by molar-refractivity contribution is -0.135. The third kappa shape index (κ3) is 9.19. The average molecular weight is 730 g/mol. The van der Waals surface area contributed by atoms with Gasteiger partial charge >= 0.3 is 12.0 Å². The summed E-state index contributed by atoms with van der Waals surface area (Å²) in [5.74, 6) is -0.427. The molecule has 0 spiro atoms. The highest BCUT2D eigenvalue weighted by atomic mass is 35.5. The molecule has 1 N–H and O–H groups in total. The molecule has 2 aromatic carbocycles. The van der Waals surface area contributed by atoms with Crippen LogP contribution in [-0.2, 0) is 27.3 Å². The Morgan fingerprint density at radius 1 is 0.960 bits per heavy atom. The van der Waals surface area contributed by atoms with Crippen molar-refractivity contribution in [1.29, 1.82) is 0 Å². The van der Waals surface area contributed by atoms with E-state index < -0.39 is 47.9 Å². The summed E-state index contributed by atoms with van der Waals surface area (Å²) in [6.45, 7) is 6.74. The van der Waals surface area contributed by atoms with Crippen LogP contribution in [0, 0.1) is 5.92 Å². The van der Waals surface area contributed by atoms with Gasteiger partial charge in [-0.2, -0.15) is 0 Å². The van der Waals surface area contributed by atoms with Gasteiger partial charge in [-0.3, -0.25) is 14.5 Å². The van der Waals surface area contributed by atoms with E-state index in [0.29, 0.717) is 55.3 Å². The Bertz CT molecular complexity index is 1700. The Kier molecular flexibility index (Phi) is 12.6. The molecule has 270 valence electrons. The fourth-order valence-electron chi connectivity index (χ4n) is 5.63. The first-order chi connectivity index (χ1) is 23.7. The van der Waals surface area contributed by atoms with E-state index in [2.05, 4.69) is 5.32 Å². The number of halogens is 1. The van der Waals surface area contributed by atoms with E-state index in [4.69, 9.17) is 35.3 Å². The molecule has 3 aromatic rings. The molecular formula is C36H44ClN3O9S. The summed E-state index contributed by atoms with van der Waals surface area (Å²) in [6.07, 6.45) is 0.594. The lowest BCUT2D eigenvalue weighted by Crippen LogP contribution is -2.48. The van der Waals surface area contributed by atoms with Gasteiger partial charge in [-0.1, -0.05) is 18.5 Å². The van der Waals surface area contributed by atoms with E-state index in [1.807, 2.05) is 6.92 Å². The number of thiophene rings is 1. The predicted molar refractivity (Wildman–Crippen MR) is 189 cm³/mol. The molecule has 1 saturated heterocycles. The monoisotopic (exact) mass is 729 g/mol. The first-order valence-electron chi connectivity index (χ1n) is 16.1. The van der Waals surface area contributed by atoms with Crippen LogP contribution in [0.2, 0.25) is 5.02 Å². The van der Waals surface area contributed by atoms with Crippen LogP contribution in [0.15, 0.2) is 42.5 Å². The number of benzene rings is 2. The van der Waals surface area contributed by atoms with Crippen LogP contribution in [0.25, 0.3) is 0 Å². The largest absolute Gasteiger partial charge is 0.496 e. The van der Waals surface area contributed by atoms with Gasteiger partial charge in [0.15, 0.2) is 0 Å². The quantitative estimate of drug-likeness (QED) is 0.214. The Morgan fingerprint density at radius 3 is 2.20 bits per heavy atom. The van der Waals surface area contributed by atoms with Crippen LogP contribution in [0.4, 0.5) is 4.79 Å². The van der Waals surface area contributed by atoms with Gasteiger partial charge < -0.3 is 33.9 Å². The Morgan fingerprint density at radius 2 is 1.62 bits per heavy atom. The summed E-state index contributed by atoms with van der Waals surface area (Å²) < 4.78 is 27.7. The van der Waals surface area contributed by atoms with Crippen molar-refractivity contribution in [2.24, 2.45) is 5.92 Å². The van der Waals surface area contributed by atoms with Crippen molar-refractivity contribution >= 4 is 46.8 Å². The first kappa shape index (κ1) is 38.3. The number of urea groups is 1. The molecule has 1 aliphatic rings. The maximum absolute atomic E-state index is 14.3.